The Kier molecular flexibility index (Phi) is 3.76. The monoisotopic (exact) mass is 216 g/mol. The van der Waals surface area contributed by atoms with Gasteiger partial charge in [0.2, 0.25) is 0 Å². The Morgan fingerprint density at radius 3 is 2.93 bits per heavy atom. The molecule has 0 saturated heterocycles. The molecule has 0 aliphatic heterocycles. The molecule has 0 heterocycles. The van der Waals surface area contributed by atoms with Crippen LogP contribution < -0.4 is 4.74 Å². The van der Waals surface area contributed by atoms with Gasteiger partial charge in [-0.3, -0.25) is 4.79 Å². The van der Waals surface area contributed by atoms with Gasteiger partial charge in [-0.2, -0.15) is 0 Å². The number of hydrogen-bond acceptors (Lipinski definition) is 3. The van der Waals surface area contributed by atoms with Crippen LogP contribution in [0.25, 0.3) is 0 Å². The lowest BCUT2D eigenvalue weighted by molar-refractivity contribution is -0.133. The molecule has 0 aliphatic carbocycles. The molecule has 1 aromatic rings. The van der Waals surface area contributed by atoms with Crippen molar-refractivity contribution in [2.45, 2.75) is 4.90 Å². The third kappa shape index (κ3) is 2.92. The highest BCUT2D eigenvalue weighted by Crippen LogP contribution is 2.29. The maximum absolute atomic E-state index is 12.8. The van der Waals surface area contributed by atoms with Crippen molar-refractivity contribution in [1.29, 1.82) is 0 Å². The number of thioether (sulfide) groups is 1. The number of carboxylic acid groups (broad SMARTS) is 1. The van der Waals surface area contributed by atoms with Crippen LogP contribution in [0, 0.1) is 5.82 Å². The van der Waals surface area contributed by atoms with Gasteiger partial charge in [-0.05, 0) is 18.2 Å². The Morgan fingerprint density at radius 1 is 1.64 bits per heavy atom. The largest absolute Gasteiger partial charge is 0.496 e. The van der Waals surface area contributed by atoms with Crippen molar-refractivity contribution >= 4 is 17.7 Å². The summed E-state index contributed by atoms with van der Waals surface area (Å²) in [5, 5.41) is 8.45. The smallest absolute Gasteiger partial charge is 0.313 e. The van der Waals surface area contributed by atoms with Crippen molar-refractivity contribution in [3.05, 3.63) is 24.0 Å². The van der Waals surface area contributed by atoms with Crippen molar-refractivity contribution in [3.63, 3.8) is 0 Å². The number of rotatable bonds is 4. The standard InChI is InChI=1S/C9H9FO3S/c1-13-7-3-2-6(10)4-8(7)14-5-9(11)12/h2-4H,5H2,1H3,(H,11,12). The predicted molar refractivity (Wildman–Crippen MR) is 51.3 cm³/mol. The maximum atomic E-state index is 12.8. The van der Waals surface area contributed by atoms with Gasteiger partial charge in [-0.1, -0.05) is 0 Å². The lowest BCUT2D eigenvalue weighted by atomic mass is 10.3. The molecular weight excluding hydrogens is 207 g/mol. The molecule has 0 radical (unpaired) electrons. The maximum Gasteiger partial charge on any atom is 0.313 e. The molecule has 0 spiro atoms. The van der Waals surface area contributed by atoms with Crippen LogP contribution in [0.5, 0.6) is 5.75 Å². The second kappa shape index (κ2) is 4.85. The number of benzene rings is 1. The van der Waals surface area contributed by atoms with E-state index in [1.807, 2.05) is 0 Å². The van der Waals surface area contributed by atoms with Crippen LogP contribution in [0.2, 0.25) is 0 Å². The first-order chi connectivity index (χ1) is 6.63. The van der Waals surface area contributed by atoms with Crippen LogP contribution in [0.15, 0.2) is 23.1 Å². The van der Waals surface area contributed by atoms with Crippen molar-refractivity contribution in [2.75, 3.05) is 12.9 Å². The van der Waals surface area contributed by atoms with E-state index in [2.05, 4.69) is 0 Å². The molecule has 0 aliphatic rings. The van der Waals surface area contributed by atoms with Crippen LogP contribution in [0.3, 0.4) is 0 Å². The summed E-state index contributed by atoms with van der Waals surface area (Å²) in [6, 6.07) is 4.00. The predicted octanol–water partition coefficient (Wildman–Crippen LogP) is 2.01. The van der Waals surface area contributed by atoms with E-state index in [1.165, 1.54) is 25.3 Å². The topological polar surface area (TPSA) is 46.5 Å². The van der Waals surface area contributed by atoms with E-state index in [0.29, 0.717) is 10.6 Å². The van der Waals surface area contributed by atoms with Crippen molar-refractivity contribution in [3.8, 4) is 5.75 Å². The highest BCUT2D eigenvalue weighted by atomic mass is 32.2. The molecule has 1 N–H and O–H groups in total. The molecule has 1 aromatic carbocycles. The van der Waals surface area contributed by atoms with Gasteiger partial charge in [0, 0.05) is 0 Å². The Bertz CT molecular complexity index is 341. The van der Waals surface area contributed by atoms with E-state index in [-0.39, 0.29) is 5.75 Å². The third-order valence-electron chi connectivity index (χ3n) is 1.48. The molecule has 0 aromatic heterocycles. The summed E-state index contributed by atoms with van der Waals surface area (Å²) in [6.07, 6.45) is 0. The molecule has 0 fully saturated rings. The van der Waals surface area contributed by atoms with E-state index in [0.717, 1.165) is 11.8 Å². The Labute approximate surface area is 84.9 Å². The Hall–Kier alpha value is -1.23. The van der Waals surface area contributed by atoms with E-state index >= 15 is 0 Å². The van der Waals surface area contributed by atoms with Gasteiger partial charge in [-0.25, -0.2) is 4.39 Å². The van der Waals surface area contributed by atoms with Crippen LogP contribution in [-0.4, -0.2) is 23.9 Å². The number of ether oxygens (including phenoxy) is 1. The third-order valence-corrected chi connectivity index (χ3v) is 2.50. The first-order valence-corrected chi connectivity index (χ1v) is 4.80. The Morgan fingerprint density at radius 2 is 2.36 bits per heavy atom. The number of aliphatic carboxylic acids is 1. The number of hydrogen-bond donors (Lipinski definition) is 1. The average Bonchev–Trinajstić information content (AvgIpc) is 2.15. The molecule has 5 heteroatoms. The van der Waals surface area contributed by atoms with Gasteiger partial charge < -0.3 is 9.84 Å². The lowest BCUT2D eigenvalue weighted by Gasteiger charge is -2.06. The molecule has 0 atom stereocenters. The second-order valence-corrected chi connectivity index (χ2v) is 3.49. The van der Waals surface area contributed by atoms with Crippen LogP contribution in [-0.2, 0) is 4.79 Å². The zero-order chi connectivity index (χ0) is 10.6. The van der Waals surface area contributed by atoms with E-state index < -0.39 is 11.8 Å². The minimum atomic E-state index is -0.943. The van der Waals surface area contributed by atoms with Gasteiger partial charge >= 0.3 is 5.97 Å². The van der Waals surface area contributed by atoms with Crippen LogP contribution in [0.1, 0.15) is 0 Å². The first kappa shape index (κ1) is 10.8. The quantitative estimate of drug-likeness (QED) is 0.782. The van der Waals surface area contributed by atoms with Crippen LogP contribution in [0.4, 0.5) is 4.39 Å². The van der Waals surface area contributed by atoms with Gasteiger partial charge in [0.15, 0.2) is 0 Å². The molecule has 0 unspecified atom stereocenters. The molecule has 0 bridgehead atoms. The zero-order valence-electron chi connectivity index (χ0n) is 7.49. The highest BCUT2D eigenvalue weighted by Gasteiger charge is 2.07. The van der Waals surface area contributed by atoms with Crippen molar-refractivity contribution in [2.24, 2.45) is 0 Å². The fourth-order valence-electron chi connectivity index (χ4n) is 0.903. The fourth-order valence-corrected chi connectivity index (χ4v) is 1.67. The zero-order valence-corrected chi connectivity index (χ0v) is 8.31. The minimum Gasteiger partial charge on any atom is -0.496 e. The van der Waals surface area contributed by atoms with Crippen molar-refractivity contribution < 1.29 is 19.0 Å². The summed E-state index contributed by atoms with van der Waals surface area (Å²) < 4.78 is 17.7. The Balaban J connectivity index is 2.82. The van der Waals surface area contributed by atoms with Crippen LogP contribution >= 0.6 is 11.8 Å². The number of methoxy groups -OCH3 is 1. The van der Waals surface area contributed by atoms with Crippen molar-refractivity contribution in [1.82, 2.24) is 0 Å². The lowest BCUT2D eigenvalue weighted by Crippen LogP contribution is -1.98. The average molecular weight is 216 g/mol. The molecular formula is C9H9FO3S. The SMILES string of the molecule is COc1ccc(F)cc1SCC(=O)O. The van der Waals surface area contributed by atoms with Gasteiger partial charge in [0.05, 0.1) is 17.8 Å². The number of carbonyl (C=O) groups is 1. The molecule has 0 amide bonds. The summed E-state index contributed by atoms with van der Waals surface area (Å²) in [5.74, 6) is -0.975. The highest BCUT2D eigenvalue weighted by molar-refractivity contribution is 8.00. The number of halogens is 1. The fraction of sp³-hybridized carbons (Fsp3) is 0.222. The van der Waals surface area contributed by atoms with Gasteiger partial charge in [-0.15, -0.1) is 11.8 Å². The summed E-state index contributed by atoms with van der Waals surface area (Å²) >= 11 is 1.03. The number of carboxylic acids is 1. The summed E-state index contributed by atoms with van der Waals surface area (Å²) in [5.41, 5.74) is 0. The molecule has 14 heavy (non-hydrogen) atoms. The van der Waals surface area contributed by atoms with E-state index in [4.69, 9.17) is 9.84 Å². The molecule has 1 rings (SSSR count). The normalized spacial score (nSPS) is 9.86. The molecule has 3 nitrogen and oxygen atoms in total. The van der Waals surface area contributed by atoms with Gasteiger partial charge in [0.1, 0.15) is 11.6 Å². The first-order valence-electron chi connectivity index (χ1n) is 3.81. The molecule has 0 saturated carbocycles. The minimum absolute atomic E-state index is 0.111. The second-order valence-electron chi connectivity index (χ2n) is 2.48. The van der Waals surface area contributed by atoms with Gasteiger partial charge in [0.25, 0.3) is 0 Å². The molecule has 76 valence electrons. The summed E-state index contributed by atoms with van der Waals surface area (Å²) in [7, 11) is 1.46. The van der Waals surface area contributed by atoms with E-state index in [1.54, 1.807) is 0 Å². The summed E-state index contributed by atoms with van der Waals surface area (Å²) in [6.45, 7) is 0. The van der Waals surface area contributed by atoms with E-state index in [9.17, 15) is 9.18 Å². The summed E-state index contributed by atoms with van der Waals surface area (Å²) in [4.78, 5) is 10.8.